The predicted octanol–water partition coefficient (Wildman–Crippen LogP) is 3.41. The minimum absolute atomic E-state index is 0.352. The molecule has 0 aliphatic carbocycles. The SMILES string of the molecule is COc1ccc(OC)c(C(C)(O)c2ccc(C)c(F)c2)c1. The van der Waals surface area contributed by atoms with E-state index in [-0.39, 0.29) is 5.82 Å². The van der Waals surface area contributed by atoms with Crippen molar-refractivity contribution >= 4 is 0 Å². The Morgan fingerprint density at radius 2 is 1.76 bits per heavy atom. The molecule has 112 valence electrons. The Bertz CT molecular complexity index is 650. The standard InChI is InChI=1S/C17H19FO3/c1-11-5-6-12(9-15(11)18)17(2,19)14-10-13(20-3)7-8-16(14)21-4/h5-10,19H,1-4H3. The van der Waals surface area contributed by atoms with E-state index in [0.717, 1.165) is 0 Å². The number of aryl methyl sites for hydroxylation is 1. The smallest absolute Gasteiger partial charge is 0.126 e. The van der Waals surface area contributed by atoms with E-state index in [1.165, 1.54) is 13.2 Å². The Kier molecular flexibility index (Phi) is 4.19. The van der Waals surface area contributed by atoms with Gasteiger partial charge in [-0.25, -0.2) is 4.39 Å². The number of ether oxygens (including phenoxy) is 2. The molecule has 0 fully saturated rings. The van der Waals surface area contributed by atoms with Crippen molar-refractivity contribution in [3.63, 3.8) is 0 Å². The van der Waals surface area contributed by atoms with Crippen LogP contribution in [0.1, 0.15) is 23.6 Å². The zero-order valence-corrected chi connectivity index (χ0v) is 12.6. The lowest BCUT2D eigenvalue weighted by atomic mass is 9.87. The fourth-order valence-corrected chi connectivity index (χ4v) is 2.25. The Labute approximate surface area is 124 Å². The van der Waals surface area contributed by atoms with Gasteiger partial charge in [0.15, 0.2) is 0 Å². The molecule has 1 unspecified atom stereocenters. The van der Waals surface area contributed by atoms with E-state index >= 15 is 0 Å². The van der Waals surface area contributed by atoms with E-state index in [2.05, 4.69) is 0 Å². The monoisotopic (exact) mass is 290 g/mol. The highest BCUT2D eigenvalue weighted by Gasteiger charge is 2.30. The molecule has 0 aliphatic heterocycles. The molecule has 21 heavy (non-hydrogen) atoms. The third-order valence-corrected chi connectivity index (χ3v) is 3.67. The molecule has 0 heterocycles. The van der Waals surface area contributed by atoms with E-state index < -0.39 is 5.60 Å². The average Bonchev–Trinajstić information content (AvgIpc) is 2.49. The number of aliphatic hydroxyl groups is 1. The maximum atomic E-state index is 13.8. The zero-order valence-electron chi connectivity index (χ0n) is 12.6. The molecule has 0 bridgehead atoms. The molecule has 4 heteroatoms. The molecule has 1 N–H and O–H groups in total. The average molecular weight is 290 g/mol. The van der Waals surface area contributed by atoms with Gasteiger partial charge in [0.05, 0.1) is 14.2 Å². The summed E-state index contributed by atoms with van der Waals surface area (Å²) in [5, 5.41) is 10.9. The first-order valence-corrected chi connectivity index (χ1v) is 6.61. The van der Waals surface area contributed by atoms with Crippen molar-refractivity contribution < 1.29 is 19.0 Å². The number of rotatable bonds is 4. The number of hydrogen-bond acceptors (Lipinski definition) is 3. The molecule has 2 aromatic rings. The van der Waals surface area contributed by atoms with Gasteiger partial charge in [-0.15, -0.1) is 0 Å². The molecule has 2 aromatic carbocycles. The van der Waals surface area contributed by atoms with Gasteiger partial charge in [-0.2, -0.15) is 0 Å². The lowest BCUT2D eigenvalue weighted by Gasteiger charge is -2.27. The molecular weight excluding hydrogens is 271 g/mol. The third kappa shape index (κ3) is 2.85. The van der Waals surface area contributed by atoms with Gasteiger partial charge in [-0.3, -0.25) is 0 Å². The molecule has 0 spiro atoms. The van der Waals surface area contributed by atoms with Crippen LogP contribution in [0, 0.1) is 12.7 Å². The van der Waals surface area contributed by atoms with Gasteiger partial charge in [-0.1, -0.05) is 12.1 Å². The first-order chi connectivity index (χ1) is 9.90. The van der Waals surface area contributed by atoms with Gasteiger partial charge in [-0.05, 0) is 49.2 Å². The zero-order chi connectivity index (χ0) is 15.6. The number of methoxy groups -OCH3 is 2. The summed E-state index contributed by atoms with van der Waals surface area (Å²) in [6.07, 6.45) is 0. The van der Waals surface area contributed by atoms with Crippen molar-refractivity contribution in [3.05, 3.63) is 58.9 Å². The van der Waals surface area contributed by atoms with Gasteiger partial charge < -0.3 is 14.6 Å². The van der Waals surface area contributed by atoms with Crippen LogP contribution >= 0.6 is 0 Å². The predicted molar refractivity (Wildman–Crippen MR) is 79.4 cm³/mol. The van der Waals surface area contributed by atoms with Gasteiger partial charge in [0.1, 0.15) is 22.9 Å². The van der Waals surface area contributed by atoms with Crippen LogP contribution in [0.15, 0.2) is 36.4 Å². The minimum Gasteiger partial charge on any atom is -0.497 e. The van der Waals surface area contributed by atoms with Crippen LogP contribution < -0.4 is 9.47 Å². The summed E-state index contributed by atoms with van der Waals surface area (Å²) in [5.41, 5.74) is 0.117. The second-order valence-electron chi connectivity index (χ2n) is 5.10. The maximum Gasteiger partial charge on any atom is 0.126 e. The summed E-state index contributed by atoms with van der Waals surface area (Å²) in [5.74, 6) is 0.759. The summed E-state index contributed by atoms with van der Waals surface area (Å²) < 4.78 is 24.3. The summed E-state index contributed by atoms with van der Waals surface area (Å²) in [4.78, 5) is 0. The van der Waals surface area contributed by atoms with Crippen LogP contribution in [-0.4, -0.2) is 19.3 Å². The topological polar surface area (TPSA) is 38.7 Å². The summed E-state index contributed by atoms with van der Waals surface area (Å²) in [7, 11) is 3.07. The van der Waals surface area contributed by atoms with Crippen LogP contribution in [-0.2, 0) is 5.60 Å². The van der Waals surface area contributed by atoms with Crippen LogP contribution in [0.25, 0.3) is 0 Å². The Morgan fingerprint density at radius 3 is 2.33 bits per heavy atom. The summed E-state index contributed by atoms with van der Waals surface area (Å²) in [6.45, 7) is 3.29. The van der Waals surface area contributed by atoms with Gasteiger partial charge in [0.25, 0.3) is 0 Å². The summed E-state index contributed by atoms with van der Waals surface area (Å²) in [6, 6.07) is 9.84. The second-order valence-corrected chi connectivity index (χ2v) is 5.10. The molecule has 3 nitrogen and oxygen atoms in total. The van der Waals surface area contributed by atoms with Gasteiger partial charge in [0, 0.05) is 5.56 Å². The third-order valence-electron chi connectivity index (χ3n) is 3.67. The van der Waals surface area contributed by atoms with Crippen LogP contribution in [0.2, 0.25) is 0 Å². The first-order valence-electron chi connectivity index (χ1n) is 6.61. The van der Waals surface area contributed by atoms with Crippen molar-refractivity contribution in [1.29, 1.82) is 0 Å². The van der Waals surface area contributed by atoms with E-state index in [0.29, 0.717) is 28.2 Å². The molecule has 2 rings (SSSR count). The van der Waals surface area contributed by atoms with E-state index in [1.54, 1.807) is 51.3 Å². The molecule has 0 amide bonds. The quantitative estimate of drug-likeness (QED) is 0.938. The van der Waals surface area contributed by atoms with Crippen molar-refractivity contribution in [3.8, 4) is 11.5 Å². The van der Waals surface area contributed by atoms with Crippen molar-refractivity contribution in [2.24, 2.45) is 0 Å². The van der Waals surface area contributed by atoms with Crippen molar-refractivity contribution in [2.75, 3.05) is 14.2 Å². The summed E-state index contributed by atoms with van der Waals surface area (Å²) >= 11 is 0. The highest BCUT2D eigenvalue weighted by atomic mass is 19.1. The number of halogens is 1. The molecule has 0 saturated heterocycles. The highest BCUT2D eigenvalue weighted by Crippen LogP contribution is 2.37. The van der Waals surface area contributed by atoms with Crippen molar-refractivity contribution in [1.82, 2.24) is 0 Å². The second kappa shape index (κ2) is 5.74. The molecular formula is C17H19FO3. The Balaban J connectivity index is 2.58. The Hall–Kier alpha value is -2.07. The van der Waals surface area contributed by atoms with E-state index in [9.17, 15) is 9.50 Å². The molecule has 0 radical (unpaired) electrons. The van der Waals surface area contributed by atoms with Gasteiger partial charge >= 0.3 is 0 Å². The fraction of sp³-hybridized carbons (Fsp3) is 0.294. The van der Waals surface area contributed by atoms with Gasteiger partial charge in [0.2, 0.25) is 0 Å². The van der Waals surface area contributed by atoms with E-state index in [1.807, 2.05) is 0 Å². The highest BCUT2D eigenvalue weighted by molar-refractivity contribution is 5.48. The fourth-order valence-electron chi connectivity index (χ4n) is 2.25. The van der Waals surface area contributed by atoms with Crippen LogP contribution in [0.3, 0.4) is 0 Å². The molecule has 0 saturated carbocycles. The largest absolute Gasteiger partial charge is 0.497 e. The van der Waals surface area contributed by atoms with Crippen LogP contribution in [0.5, 0.6) is 11.5 Å². The number of hydrogen-bond donors (Lipinski definition) is 1. The lowest BCUT2D eigenvalue weighted by Crippen LogP contribution is -2.24. The van der Waals surface area contributed by atoms with Crippen LogP contribution in [0.4, 0.5) is 4.39 Å². The van der Waals surface area contributed by atoms with E-state index in [4.69, 9.17) is 9.47 Å². The first kappa shape index (κ1) is 15.3. The molecule has 1 atom stereocenters. The minimum atomic E-state index is -1.39. The molecule has 0 aliphatic rings. The maximum absolute atomic E-state index is 13.8. The van der Waals surface area contributed by atoms with Crippen molar-refractivity contribution in [2.45, 2.75) is 19.4 Å². The molecule has 0 aromatic heterocycles. The lowest BCUT2D eigenvalue weighted by molar-refractivity contribution is 0.0982. The number of benzene rings is 2. The normalized spacial score (nSPS) is 13.6. The Morgan fingerprint density at radius 1 is 1.05 bits per heavy atom.